The van der Waals surface area contributed by atoms with E-state index in [1.54, 1.807) is 60.9 Å². The molecule has 1 atom stereocenters. The highest BCUT2D eigenvalue weighted by molar-refractivity contribution is 9.10. The van der Waals surface area contributed by atoms with Crippen LogP contribution in [0.1, 0.15) is 22.7 Å². The summed E-state index contributed by atoms with van der Waals surface area (Å²) in [5.41, 5.74) is 1.73. The van der Waals surface area contributed by atoms with Gasteiger partial charge in [-0.2, -0.15) is 0 Å². The number of nitrogens with zero attached hydrogens (tertiary/aromatic N) is 2. The van der Waals surface area contributed by atoms with E-state index in [4.69, 9.17) is 0 Å². The zero-order valence-electron chi connectivity index (χ0n) is 15.7. The first-order chi connectivity index (χ1) is 14.5. The number of aromatic hydroxyl groups is 1. The Morgan fingerprint density at radius 3 is 2.40 bits per heavy atom. The van der Waals surface area contributed by atoms with Crippen molar-refractivity contribution in [2.75, 3.05) is 0 Å². The van der Waals surface area contributed by atoms with Crippen molar-refractivity contribution in [3.63, 3.8) is 0 Å². The van der Waals surface area contributed by atoms with Gasteiger partial charge in [0.2, 0.25) is 0 Å². The minimum absolute atomic E-state index is 0.00522. The molecule has 0 aliphatic carbocycles. The van der Waals surface area contributed by atoms with E-state index in [1.807, 2.05) is 0 Å². The van der Waals surface area contributed by atoms with Gasteiger partial charge >= 0.3 is 0 Å². The smallest absolute Gasteiger partial charge is 0.295 e. The molecule has 150 valence electrons. The molecule has 1 fully saturated rings. The Morgan fingerprint density at radius 2 is 1.73 bits per heavy atom. The normalized spacial score (nSPS) is 18.0. The van der Waals surface area contributed by atoms with E-state index in [2.05, 4.69) is 20.9 Å². The number of hydrogen-bond donors (Lipinski definition) is 2. The second-order valence-electron chi connectivity index (χ2n) is 6.88. The van der Waals surface area contributed by atoms with Gasteiger partial charge in [0.25, 0.3) is 11.7 Å². The van der Waals surface area contributed by atoms with E-state index in [0.29, 0.717) is 11.1 Å². The van der Waals surface area contributed by atoms with Crippen molar-refractivity contribution in [3.05, 3.63) is 99.8 Å². The molecule has 2 N–H and O–H groups in total. The molecule has 2 aromatic carbocycles. The lowest BCUT2D eigenvalue weighted by atomic mass is 9.95. The molecule has 30 heavy (non-hydrogen) atoms. The number of phenols is 1. The second kappa shape index (κ2) is 8.12. The number of hydrogen-bond acceptors (Lipinski definition) is 5. The average Bonchev–Trinajstić information content (AvgIpc) is 2.99. The lowest BCUT2D eigenvalue weighted by Gasteiger charge is -2.25. The first-order valence-electron chi connectivity index (χ1n) is 9.18. The van der Waals surface area contributed by atoms with Crippen molar-refractivity contribution in [3.8, 4) is 5.75 Å². The van der Waals surface area contributed by atoms with Gasteiger partial charge in [-0.05, 0) is 47.5 Å². The zero-order valence-corrected chi connectivity index (χ0v) is 17.3. The Bertz CT molecular complexity index is 1140. The van der Waals surface area contributed by atoms with E-state index < -0.39 is 17.7 Å². The molecule has 1 amide bonds. The number of amides is 1. The number of pyridine rings is 1. The zero-order chi connectivity index (χ0) is 21.3. The molecule has 0 bridgehead atoms. The Kier molecular flexibility index (Phi) is 5.37. The fraction of sp³-hybridized carbons (Fsp3) is 0.0870. The molecular formula is C23H17BrN2O4. The summed E-state index contributed by atoms with van der Waals surface area (Å²) in [6.45, 7) is 0.157. The molecular weight excluding hydrogens is 448 g/mol. The number of ketones is 1. The predicted molar refractivity (Wildman–Crippen MR) is 114 cm³/mol. The van der Waals surface area contributed by atoms with E-state index in [9.17, 15) is 19.8 Å². The number of aliphatic hydroxyl groups is 1. The summed E-state index contributed by atoms with van der Waals surface area (Å²) in [6.07, 6.45) is 3.22. The lowest BCUT2D eigenvalue weighted by molar-refractivity contribution is -0.140. The third-order valence-corrected chi connectivity index (χ3v) is 5.47. The Hall–Kier alpha value is -3.45. The molecule has 4 rings (SSSR count). The summed E-state index contributed by atoms with van der Waals surface area (Å²) in [5.74, 6) is -1.73. The number of Topliss-reactive ketones (excluding diaryl/α,β-unsaturated/α-hetero) is 1. The molecule has 2 heterocycles. The number of benzene rings is 2. The molecule has 6 nitrogen and oxygen atoms in total. The fourth-order valence-corrected chi connectivity index (χ4v) is 3.80. The maximum atomic E-state index is 13.0. The summed E-state index contributed by atoms with van der Waals surface area (Å²) >= 11 is 3.34. The van der Waals surface area contributed by atoms with Crippen LogP contribution in [-0.2, 0) is 16.1 Å². The van der Waals surface area contributed by atoms with Gasteiger partial charge in [-0.1, -0.05) is 40.2 Å². The van der Waals surface area contributed by atoms with Gasteiger partial charge in [0.05, 0.1) is 11.6 Å². The Labute approximate surface area is 181 Å². The van der Waals surface area contributed by atoms with Gasteiger partial charge in [-0.25, -0.2) is 0 Å². The summed E-state index contributed by atoms with van der Waals surface area (Å²) in [5, 5.41) is 20.9. The monoisotopic (exact) mass is 464 g/mol. The van der Waals surface area contributed by atoms with Crippen LogP contribution in [0.3, 0.4) is 0 Å². The molecule has 0 saturated carbocycles. The minimum atomic E-state index is -0.839. The van der Waals surface area contributed by atoms with Crippen molar-refractivity contribution in [2.24, 2.45) is 0 Å². The van der Waals surface area contributed by atoms with E-state index in [0.717, 1.165) is 10.0 Å². The third kappa shape index (κ3) is 3.71. The van der Waals surface area contributed by atoms with E-state index in [-0.39, 0.29) is 23.6 Å². The quantitative estimate of drug-likeness (QED) is 0.343. The second-order valence-corrected chi connectivity index (χ2v) is 7.80. The van der Waals surface area contributed by atoms with Crippen molar-refractivity contribution < 1.29 is 19.8 Å². The van der Waals surface area contributed by atoms with Crippen molar-refractivity contribution in [1.29, 1.82) is 0 Å². The summed E-state index contributed by atoms with van der Waals surface area (Å²) < 4.78 is 0.821. The van der Waals surface area contributed by atoms with Gasteiger partial charge in [0.15, 0.2) is 0 Å². The van der Waals surface area contributed by atoms with Crippen LogP contribution in [0.2, 0.25) is 0 Å². The lowest BCUT2D eigenvalue weighted by Crippen LogP contribution is -2.29. The molecule has 0 radical (unpaired) electrons. The maximum Gasteiger partial charge on any atom is 0.295 e. The summed E-state index contributed by atoms with van der Waals surface area (Å²) in [4.78, 5) is 31.3. The molecule has 0 spiro atoms. The number of carbonyl (C=O) groups is 2. The van der Waals surface area contributed by atoms with Crippen LogP contribution >= 0.6 is 15.9 Å². The summed E-state index contributed by atoms with van der Waals surface area (Å²) in [6, 6.07) is 15.8. The first kappa shape index (κ1) is 19.8. The number of halogens is 1. The summed E-state index contributed by atoms with van der Waals surface area (Å²) in [7, 11) is 0. The van der Waals surface area contributed by atoms with Crippen LogP contribution in [0.15, 0.2) is 83.1 Å². The highest BCUT2D eigenvalue weighted by Crippen LogP contribution is 2.41. The van der Waals surface area contributed by atoms with Crippen LogP contribution in [-0.4, -0.2) is 31.8 Å². The highest BCUT2D eigenvalue weighted by Gasteiger charge is 2.46. The fourth-order valence-electron chi connectivity index (χ4n) is 3.53. The number of likely N-dealkylation sites (tertiary alicyclic amines) is 1. The van der Waals surface area contributed by atoms with Crippen LogP contribution in [0.5, 0.6) is 5.75 Å². The van der Waals surface area contributed by atoms with Crippen molar-refractivity contribution >= 4 is 33.4 Å². The first-order valence-corrected chi connectivity index (χ1v) is 9.97. The van der Waals surface area contributed by atoms with Crippen molar-refractivity contribution in [2.45, 2.75) is 12.6 Å². The van der Waals surface area contributed by atoms with Gasteiger partial charge in [-0.15, -0.1) is 0 Å². The number of carbonyl (C=O) groups excluding carboxylic acids is 2. The SMILES string of the molecule is O=C1C(=O)N(Cc2ccncc2)C(c2cccc(O)c2)/C1=C(/O)c1ccc(Br)cc1. The molecule has 1 aliphatic rings. The van der Waals surface area contributed by atoms with Gasteiger partial charge in [0.1, 0.15) is 11.5 Å². The van der Waals surface area contributed by atoms with Crippen LogP contribution in [0, 0.1) is 0 Å². The molecule has 3 aromatic rings. The number of aromatic nitrogens is 1. The van der Waals surface area contributed by atoms with E-state index >= 15 is 0 Å². The van der Waals surface area contributed by atoms with Crippen LogP contribution in [0.4, 0.5) is 0 Å². The van der Waals surface area contributed by atoms with Gasteiger partial charge < -0.3 is 15.1 Å². The standard InChI is InChI=1S/C23H17BrN2O4/c24-17-6-4-15(5-7-17)21(28)19-20(16-2-1-3-18(27)12-16)26(23(30)22(19)29)13-14-8-10-25-11-9-14/h1-12,20,27-28H,13H2/b21-19-. The van der Waals surface area contributed by atoms with Gasteiger partial charge in [0, 0.05) is 29.0 Å². The molecule has 1 saturated heterocycles. The Balaban J connectivity index is 1.87. The minimum Gasteiger partial charge on any atom is -0.508 e. The van der Waals surface area contributed by atoms with Crippen LogP contribution < -0.4 is 0 Å². The number of rotatable bonds is 4. The maximum absolute atomic E-state index is 13.0. The number of phenolic OH excluding ortho intramolecular Hbond substituents is 1. The van der Waals surface area contributed by atoms with Crippen LogP contribution in [0.25, 0.3) is 5.76 Å². The average molecular weight is 465 g/mol. The van der Waals surface area contributed by atoms with E-state index in [1.165, 1.54) is 17.0 Å². The largest absolute Gasteiger partial charge is 0.508 e. The Morgan fingerprint density at radius 1 is 1.03 bits per heavy atom. The molecule has 7 heteroatoms. The number of aliphatic hydroxyl groups excluding tert-OH is 1. The molecule has 1 aromatic heterocycles. The third-order valence-electron chi connectivity index (χ3n) is 4.95. The predicted octanol–water partition coefficient (Wildman–Crippen LogP) is 4.17. The van der Waals surface area contributed by atoms with Crippen molar-refractivity contribution in [1.82, 2.24) is 9.88 Å². The topological polar surface area (TPSA) is 90.7 Å². The highest BCUT2D eigenvalue weighted by atomic mass is 79.9. The molecule has 1 aliphatic heterocycles. The molecule has 1 unspecified atom stereocenters. The van der Waals surface area contributed by atoms with Gasteiger partial charge in [-0.3, -0.25) is 14.6 Å².